The zero-order valence-corrected chi connectivity index (χ0v) is 13.0. The lowest BCUT2D eigenvalue weighted by Crippen LogP contribution is -2.65. The van der Waals surface area contributed by atoms with E-state index in [1.54, 1.807) is 0 Å². The smallest absolute Gasteiger partial charge is 0.373 e. The minimum atomic E-state index is -4.33. The van der Waals surface area contributed by atoms with E-state index >= 15 is 0 Å². The first-order valence-electron chi connectivity index (χ1n) is 5.59. The molecule has 6 heteroatoms. The van der Waals surface area contributed by atoms with Gasteiger partial charge in [0.05, 0.1) is 0 Å². The van der Waals surface area contributed by atoms with Crippen molar-refractivity contribution in [3.63, 3.8) is 0 Å². The Morgan fingerprint density at radius 2 is 1.35 bits per heavy atom. The van der Waals surface area contributed by atoms with Gasteiger partial charge in [-0.15, -0.1) is 0 Å². The van der Waals surface area contributed by atoms with Gasteiger partial charge in [0.25, 0.3) is 0 Å². The number of nitrogens with zero attached hydrogens (tertiary/aromatic N) is 1. The fourth-order valence-corrected chi connectivity index (χ4v) is 7.37. The molecule has 0 saturated heterocycles. The molecule has 1 aromatic rings. The number of aryl methyl sites for hydroxylation is 2. The molecule has 4 nitrogen and oxygen atoms in total. The Labute approximate surface area is 105 Å². The van der Waals surface area contributed by atoms with Crippen LogP contribution in [0, 0.1) is 13.8 Å². The zero-order chi connectivity index (χ0) is 13.4. The Morgan fingerprint density at radius 3 is 1.65 bits per heavy atom. The molecule has 1 aromatic carbocycles. The highest BCUT2D eigenvalue weighted by Gasteiger charge is 2.46. The van der Waals surface area contributed by atoms with Crippen LogP contribution >= 0.6 is 0 Å². The molecule has 0 bridgehead atoms. The van der Waals surface area contributed by atoms with E-state index in [4.69, 9.17) is 0 Å². The minimum Gasteiger partial charge on any atom is -0.373 e. The van der Waals surface area contributed by atoms with Gasteiger partial charge in [-0.05, 0) is 25.0 Å². The molecule has 0 unspecified atom stereocenters. The van der Waals surface area contributed by atoms with Crippen LogP contribution < -0.4 is 4.23 Å². The Balaban J connectivity index is 3.44. The van der Waals surface area contributed by atoms with Crippen LogP contribution in [0.3, 0.4) is 0 Å². The molecule has 0 aliphatic heterocycles. The molecule has 0 atom stereocenters. The number of rotatable bonds is 3. The van der Waals surface area contributed by atoms with Crippen LogP contribution in [0.5, 0.6) is 0 Å². The van der Waals surface area contributed by atoms with Crippen molar-refractivity contribution >= 4 is 22.9 Å². The van der Waals surface area contributed by atoms with Gasteiger partial charge in [0.2, 0.25) is 0 Å². The highest BCUT2D eigenvalue weighted by atomic mass is 28.4. The monoisotopic (exact) mass is 271 g/mol. The number of para-hydroxylation sites is 1. The average molecular weight is 271 g/mol. The lowest BCUT2D eigenvalue weighted by Gasteiger charge is -2.41. The van der Waals surface area contributed by atoms with E-state index in [2.05, 4.69) is 0 Å². The van der Waals surface area contributed by atoms with E-state index in [9.17, 15) is 14.4 Å². The second kappa shape index (κ2) is 4.54. The molecule has 3 N–H and O–H groups in total. The van der Waals surface area contributed by atoms with Gasteiger partial charge in [0.1, 0.15) is 8.24 Å². The van der Waals surface area contributed by atoms with Gasteiger partial charge in [-0.25, -0.2) is 0 Å². The summed E-state index contributed by atoms with van der Waals surface area (Å²) in [5.74, 6) is 0. The Kier molecular flexibility index (Phi) is 3.85. The lowest BCUT2D eigenvalue weighted by molar-refractivity contribution is 0.231. The summed E-state index contributed by atoms with van der Waals surface area (Å²) in [6.07, 6.45) is 0. The van der Waals surface area contributed by atoms with Gasteiger partial charge >= 0.3 is 8.97 Å². The van der Waals surface area contributed by atoms with Crippen LogP contribution in [0.1, 0.15) is 11.1 Å². The first kappa shape index (κ1) is 14.4. The molecule has 0 aromatic heterocycles. The van der Waals surface area contributed by atoms with Crippen LogP contribution in [0.4, 0.5) is 5.69 Å². The minimum absolute atomic E-state index is 0.755. The van der Waals surface area contributed by atoms with E-state index in [1.807, 2.05) is 51.7 Å². The van der Waals surface area contributed by atoms with Crippen LogP contribution in [0.2, 0.25) is 19.6 Å². The van der Waals surface area contributed by atoms with E-state index in [0.29, 0.717) is 0 Å². The predicted octanol–water partition coefficient (Wildman–Crippen LogP) is 1.36. The van der Waals surface area contributed by atoms with Crippen molar-refractivity contribution in [3.05, 3.63) is 29.3 Å². The van der Waals surface area contributed by atoms with Crippen molar-refractivity contribution in [2.75, 3.05) is 4.23 Å². The summed E-state index contributed by atoms with van der Waals surface area (Å²) in [5.41, 5.74) is 2.65. The molecule has 0 heterocycles. The SMILES string of the molecule is Cc1cccc(C)c1N([Si](C)(C)C)[Si](O)(O)O. The fourth-order valence-electron chi connectivity index (χ4n) is 2.09. The molecular formula is C11H21NO3Si2. The predicted molar refractivity (Wildman–Crippen MR) is 74.2 cm³/mol. The van der Waals surface area contributed by atoms with E-state index in [0.717, 1.165) is 16.8 Å². The summed E-state index contributed by atoms with van der Waals surface area (Å²) in [7, 11) is -6.41. The molecule has 0 radical (unpaired) electrons. The average Bonchev–Trinajstić information content (AvgIpc) is 2.06. The van der Waals surface area contributed by atoms with Crippen molar-refractivity contribution in [1.29, 1.82) is 0 Å². The molecule has 0 amide bonds. The largest absolute Gasteiger partial charge is 0.616 e. The van der Waals surface area contributed by atoms with E-state index < -0.39 is 17.2 Å². The molecule has 0 aliphatic rings. The van der Waals surface area contributed by atoms with Crippen LogP contribution in [0.15, 0.2) is 18.2 Å². The van der Waals surface area contributed by atoms with Gasteiger partial charge in [0.15, 0.2) is 0 Å². The van der Waals surface area contributed by atoms with Crippen LogP contribution in [-0.4, -0.2) is 31.6 Å². The molecule has 96 valence electrons. The topological polar surface area (TPSA) is 63.9 Å². The van der Waals surface area contributed by atoms with Crippen molar-refractivity contribution in [1.82, 2.24) is 0 Å². The molecular weight excluding hydrogens is 250 g/mol. The van der Waals surface area contributed by atoms with Crippen molar-refractivity contribution in [2.24, 2.45) is 0 Å². The summed E-state index contributed by atoms with van der Waals surface area (Å²) >= 11 is 0. The standard InChI is InChI=1S/C11H21NO3Si2/c1-9-7-6-8-10(2)11(9)12(16(3,4)5)17(13,14)15/h6-8,13-15H,1-5H3. The zero-order valence-electron chi connectivity index (χ0n) is 11.0. The quantitative estimate of drug-likeness (QED) is 0.726. The van der Waals surface area contributed by atoms with Crippen LogP contribution in [0.25, 0.3) is 0 Å². The van der Waals surface area contributed by atoms with Gasteiger partial charge < -0.3 is 18.6 Å². The first-order valence-corrected chi connectivity index (χ1v) is 10.8. The fraction of sp³-hybridized carbons (Fsp3) is 0.455. The maximum atomic E-state index is 9.73. The maximum Gasteiger partial charge on any atom is 0.616 e. The summed E-state index contributed by atoms with van der Waals surface area (Å²) in [6, 6.07) is 5.75. The van der Waals surface area contributed by atoms with Crippen molar-refractivity contribution in [3.8, 4) is 0 Å². The van der Waals surface area contributed by atoms with E-state index in [-0.39, 0.29) is 0 Å². The Bertz CT molecular complexity index is 376. The second-order valence-electron chi connectivity index (χ2n) is 5.35. The third-order valence-corrected chi connectivity index (χ3v) is 7.94. The molecule has 17 heavy (non-hydrogen) atoms. The molecule has 0 fully saturated rings. The highest BCUT2D eigenvalue weighted by molar-refractivity contribution is 6.92. The third kappa shape index (κ3) is 3.17. The van der Waals surface area contributed by atoms with Crippen LogP contribution in [-0.2, 0) is 0 Å². The number of anilines is 1. The highest BCUT2D eigenvalue weighted by Crippen LogP contribution is 2.31. The van der Waals surface area contributed by atoms with Gasteiger partial charge in [-0.2, -0.15) is 0 Å². The summed E-state index contributed by atoms with van der Waals surface area (Å²) in [6.45, 7) is 9.75. The maximum absolute atomic E-state index is 9.73. The third-order valence-electron chi connectivity index (χ3n) is 2.63. The molecule has 0 saturated carbocycles. The Morgan fingerprint density at radius 1 is 0.941 bits per heavy atom. The number of benzene rings is 1. The second-order valence-corrected chi connectivity index (χ2v) is 12.2. The van der Waals surface area contributed by atoms with Gasteiger partial charge in [-0.1, -0.05) is 37.8 Å². The van der Waals surface area contributed by atoms with E-state index in [1.165, 1.54) is 4.23 Å². The Hall–Kier alpha value is -0.666. The van der Waals surface area contributed by atoms with Gasteiger partial charge in [0, 0.05) is 5.69 Å². The number of hydrogen-bond acceptors (Lipinski definition) is 4. The normalized spacial score (nSPS) is 12.7. The number of hydrogen-bond donors (Lipinski definition) is 3. The van der Waals surface area contributed by atoms with Crippen molar-refractivity contribution < 1.29 is 14.4 Å². The first-order chi connectivity index (χ1) is 7.55. The van der Waals surface area contributed by atoms with Gasteiger partial charge in [-0.3, -0.25) is 0 Å². The summed E-state index contributed by atoms with van der Waals surface area (Å²) < 4.78 is 1.48. The summed E-state index contributed by atoms with van der Waals surface area (Å²) in [4.78, 5) is 29.2. The lowest BCUT2D eigenvalue weighted by atomic mass is 10.1. The van der Waals surface area contributed by atoms with Crippen molar-refractivity contribution in [2.45, 2.75) is 33.5 Å². The molecule has 0 spiro atoms. The summed E-state index contributed by atoms with van der Waals surface area (Å²) in [5, 5.41) is 0. The molecule has 1 rings (SSSR count). The molecule has 0 aliphatic carbocycles.